The fourth-order valence-electron chi connectivity index (χ4n) is 2.74. The first kappa shape index (κ1) is 20.5. The number of nitrogens with one attached hydrogen (secondary N) is 1. The summed E-state index contributed by atoms with van der Waals surface area (Å²) >= 11 is 1.30. The van der Waals surface area contributed by atoms with Crippen molar-refractivity contribution in [3.05, 3.63) is 52.9 Å². The first-order valence-electron chi connectivity index (χ1n) is 8.48. The Kier molecular flexibility index (Phi) is 6.28. The summed E-state index contributed by atoms with van der Waals surface area (Å²) in [5, 5.41) is 3.16. The molecule has 2 aromatic carbocycles. The molecule has 0 aliphatic rings. The second kappa shape index (κ2) is 8.87. The van der Waals surface area contributed by atoms with Gasteiger partial charge in [0.05, 0.1) is 25.5 Å². The number of hydrogen-bond acceptors (Lipinski definition) is 6. The van der Waals surface area contributed by atoms with Crippen LogP contribution in [0.4, 0.5) is 13.9 Å². The van der Waals surface area contributed by atoms with Crippen molar-refractivity contribution in [3.8, 4) is 28.5 Å². The number of aromatic nitrogens is 1. The molecule has 6 nitrogen and oxygen atoms in total. The molecule has 1 aromatic heterocycles. The number of thiazole rings is 1. The van der Waals surface area contributed by atoms with Crippen LogP contribution in [0.25, 0.3) is 11.3 Å². The fraction of sp³-hybridized carbons (Fsp3) is 0.200. The molecular weight excluding hydrogens is 402 g/mol. The lowest BCUT2D eigenvalue weighted by Crippen LogP contribution is -2.13. The van der Waals surface area contributed by atoms with Crippen LogP contribution in [0, 0.1) is 6.92 Å². The van der Waals surface area contributed by atoms with E-state index in [-0.39, 0.29) is 11.7 Å². The van der Waals surface area contributed by atoms with Crippen molar-refractivity contribution in [2.24, 2.45) is 0 Å². The van der Waals surface area contributed by atoms with Gasteiger partial charge in [-0.25, -0.2) is 4.98 Å². The maximum Gasteiger partial charge on any atom is 0.387 e. The minimum Gasteiger partial charge on any atom is -0.493 e. The molecule has 0 aliphatic heterocycles. The SMILES string of the molecule is COc1cccc(C(=O)Nc2nc(-c3ccc(OC(F)F)cc3)c(C)s2)c1OC. The lowest BCUT2D eigenvalue weighted by molar-refractivity contribution is -0.0498. The highest BCUT2D eigenvalue weighted by Gasteiger charge is 2.19. The number of methoxy groups -OCH3 is 2. The highest BCUT2D eigenvalue weighted by atomic mass is 32.1. The molecule has 9 heteroatoms. The van der Waals surface area contributed by atoms with E-state index in [4.69, 9.17) is 9.47 Å². The zero-order chi connectivity index (χ0) is 21.0. The summed E-state index contributed by atoms with van der Waals surface area (Å²) in [4.78, 5) is 18.0. The van der Waals surface area contributed by atoms with E-state index in [2.05, 4.69) is 15.0 Å². The maximum absolute atomic E-state index is 12.7. The van der Waals surface area contributed by atoms with E-state index >= 15 is 0 Å². The predicted molar refractivity (Wildman–Crippen MR) is 106 cm³/mol. The first-order chi connectivity index (χ1) is 13.9. The highest BCUT2D eigenvalue weighted by Crippen LogP contribution is 2.34. The monoisotopic (exact) mass is 420 g/mol. The Bertz CT molecular complexity index is 1010. The van der Waals surface area contributed by atoms with Crippen molar-refractivity contribution in [1.82, 2.24) is 4.98 Å². The van der Waals surface area contributed by atoms with Gasteiger partial charge in [0.15, 0.2) is 16.6 Å². The number of alkyl halides is 2. The number of carbonyl (C=O) groups excluding carboxylic acids is 1. The molecule has 152 valence electrons. The van der Waals surface area contributed by atoms with Gasteiger partial charge in [-0.15, -0.1) is 11.3 Å². The molecule has 0 fully saturated rings. The Hall–Kier alpha value is -3.20. The van der Waals surface area contributed by atoms with Gasteiger partial charge >= 0.3 is 6.61 Å². The summed E-state index contributed by atoms with van der Waals surface area (Å²) < 4.78 is 39.4. The van der Waals surface area contributed by atoms with E-state index in [1.807, 2.05) is 6.92 Å². The number of hydrogen-bond donors (Lipinski definition) is 1. The molecule has 0 radical (unpaired) electrons. The Morgan fingerprint density at radius 1 is 1.10 bits per heavy atom. The number of amides is 1. The fourth-order valence-corrected chi connectivity index (χ4v) is 3.57. The first-order valence-corrected chi connectivity index (χ1v) is 9.29. The normalized spacial score (nSPS) is 10.7. The molecule has 0 atom stereocenters. The van der Waals surface area contributed by atoms with Gasteiger partial charge < -0.3 is 14.2 Å². The zero-order valence-electron chi connectivity index (χ0n) is 15.9. The minimum absolute atomic E-state index is 0.0651. The highest BCUT2D eigenvalue weighted by molar-refractivity contribution is 7.16. The lowest BCUT2D eigenvalue weighted by Gasteiger charge is -2.11. The second-order valence-corrected chi connectivity index (χ2v) is 7.03. The van der Waals surface area contributed by atoms with Crippen molar-refractivity contribution in [2.45, 2.75) is 13.5 Å². The topological polar surface area (TPSA) is 69.7 Å². The number of aryl methyl sites for hydroxylation is 1. The Morgan fingerprint density at radius 2 is 1.83 bits per heavy atom. The Balaban J connectivity index is 1.81. The average molecular weight is 420 g/mol. The number of nitrogens with zero attached hydrogens (tertiary/aromatic N) is 1. The molecule has 1 N–H and O–H groups in total. The second-order valence-electron chi connectivity index (χ2n) is 5.82. The van der Waals surface area contributed by atoms with E-state index in [0.29, 0.717) is 27.9 Å². The summed E-state index contributed by atoms with van der Waals surface area (Å²) in [6.07, 6.45) is 0. The van der Waals surface area contributed by atoms with Crippen LogP contribution >= 0.6 is 11.3 Å². The quantitative estimate of drug-likeness (QED) is 0.583. The number of carbonyl (C=O) groups is 1. The molecule has 0 saturated heterocycles. The van der Waals surface area contributed by atoms with E-state index in [9.17, 15) is 13.6 Å². The molecule has 1 heterocycles. The Labute approximate surface area is 170 Å². The molecule has 0 bridgehead atoms. The summed E-state index contributed by atoms with van der Waals surface area (Å²) in [5.74, 6) is 0.454. The van der Waals surface area contributed by atoms with Gasteiger partial charge in [-0.05, 0) is 43.3 Å². The number of halogens is 2. The van der Waals surface area contributed by atoms with E-state index < -0.39 is 6.61 Å². The van der Waals surface area contributed by atoms with Crippen LogP contribution in [-0.2, 0) is 0 Å². The van der Waals surface area contributed by atoms with Crippen molar-refractivity contribution in [2.75, 3.05) is 19.5 Å². The van der Waals surface area contributed by atoms with Gasteiger partial charge in [-0.3, -0.25) is 10.1 Å². The standard InChI is InChI=1S/C20H18F2N2O4S/c1-11-16(12-7-9-13(10-8-12)28-19(21)22)23-20(29-11)24-18(25)14-5-4-6-15(26-2)17(14)27-3/h4-10,19H,1-3H3,(H,23,24,25). The third kappa shape index (κ3) is 4.62. The smallest absolute Gasteiger partial charge is 0.387 e. The molecule has 0 saturated carbocycles. The predicted octanol–water partition coefficient (Wildman–Crippen LogP) is 4.99. The van der Waals surface area contributed by atoms with Gasteiger partial charge in [-0.2, -0.15) is 8.78 Å². The van der Waals surface area contributed by atoms with Crippen LogP contribution in [-0.4, -0.2) is 31.7 Å². The van der Waals surface area contributed by atoms with Crippen LogP contribution in [0.1, 0.15) is 15.2 Å². The minimum atomic E-state index is -2.88. The summed E-state index contributed by atoms with van der Waals surface area (Å²) in [7, 11) is 2.95. The van der Waals surface area contributed by atoms with Crippen LogP contribution < -0.4 is 19.5 Å². The third-order valence-corrected chi connectivity index (χ3v) is 4.90. The van der Waals surface area contributed by atoms with E-state index in [1.54, 1.807) is 30.3 Å². The largest absolute Gasteiger partial charge is 0.493 e. The van der Waals surface area contributed by atoms with Gasteiger partial charge in [0, 0.05) is 10.4 Å². The molecule has 29 heavy (non-hydrogen) atoms. The molecule has 0 spiro atoms. The molecule has 3 aromatic rings. The maximum atomic E-state index is 12.7. The number of rotatable bonds is 7. The van der Waals surface area contributed by atoms with Crippen LogP contribution in [0.3, 0.4) is 0 Å². The summed E-state index contributed by atoms with van der Waals surface area (Å²) in [5.41, 5.74) is 1.68. The van der Waals surface area contributed by atoms with Crippen LogP contribution in [0.5, 0.6) is 17.2 Å². The number of anilines is 1. The van der Waals surface area contributed by atoms with Gasteiger partial charge in [0.1, 0.15) is 5.75 Å². The lowest BCUT2D eigenvalue weighted by atomic mass is 10.1. The van der Waals surface area contributed by atoms with Crippen LogP contribution in [0.2, 0.25) is 0 Å². The number of benzene rings is 2. The van der Waals surface area contributed by atoms with E-state index in [0.717, 1.165) is 10.4 Å². The zero-order valence-corrected chi connectivity index (χ0v) is 16.7. The van der Waals surface area contributed by atoms with Crippen molar-refractivity contribution >= 4 is 22.4 Å². The van der Waals surface area contributed by atoms with Crippen molar-refractivity contribution in [1.29, 1.82) is 0 Å². The van der Waals surface area contributed by atoms with Crippen LogP contribution in [0.15, 0.2) is 42.5 Å². The average Bonchev–Trinajstić information content (AvgIpc) is 3.07. The molecular formula is C20H18F2N2O4S. The summed E-state index contributed by atoms with van der Waals surface area (Å²) in [6.45, 7) is -1.02. The molecule has 0 unspecified atom stereocenters. The van der Waals surface area contributed by atoms with Crippen molar-refractivity contribution < 1.29 is 27.8 Å². The summed E-state index contributed by atoms with van der Waals surface area (Å²) in [6, 6.07) is 11.2. The number of ether oxygens (including phenoxy) is 3. The Morgan fingerprint density at radius 3 is 2.45 bits per heavy atom. The van der Waals surface area contributed by atoms with Gasteiger partial charge in [0.2, 0.25) is 0 Å². The van der Waals surface area contributed by atoms with Gasteiger partial charge in [-0.1, -0.05) is 6.07 Å². The van der Waals surface area contributed by atoms with Crippen molar-refractivity contribution in [3.63, 3.8) is 0 Å². The molecule has 1 amide bonds. The number of para-hydroxylation sites is 1. The molecule has 0 aliphatic carbocycles. The third-order valence-electron chi connectivity index (χ3n) is 4.02. The van der Waals surface area contributed by atoms with Gasteiger partial charge in [0.25, 0.3) is 5.91 Å². The molecule has 3 rings (SSSR count). The van der Waals surface area contributed by atoms with E-state index in [1.165, 1.54) is 37.7 Å².